The summed E-state index contributed by atoms with van der Waals surface area (Å²) in [5.41, 5.74) is 2.81. The molecule has 2 heterocycles. The molecule has 4 rings (SSSR count). The molecule has 0 spiro atoms. The SMILES string of the molecule is C[C@@H](NC(=O)c1c2c(nn1C)CCCC2)c1nc(C2CC2)no1. The highest BCUT2D eigenvalue weighted by Gasteiger charge is 2.30. The highest BCUT2D eigenvalue weighted by atomic mass is 16.5. The van der Waals surface area contributed by atoms with Crippen molar-refractivity contribution in [1.82, 2.24) is 25.2 Å². The Kier molecular flexibility index (Phi) is 3.43. The molecule has 7 nitrogen and oxygen atoms in total. The molecular formula is C16H21N5O2. The lowest BCUT2D eigenvalue weighted by Crippen LogP contribution is -2.29. The van der Waals surface area contributed by atoms with Crippen LogP contribution in [0.15, 0.2) is 4.52 Å². The Hall–Kier alpha value is -2.18. The van der Waals surface area contributed by atoms with Crippen molar-refractivity contribution in [2.24, 2.45) is 7.05 Å². The van der Waals surface area contributed by atoms with E-state index in [9.17, 15) is 4.79 Å². The van der Waals surface area contributed by atoms with E-state index in [1.165, 1.54) is 0 Å². The molecule has 1 saturated carbocycles. The number of nitrogens with one attached hydrogen (secondary N) is 1. The third kappa shape index (κ3) is 2.64. The summed E-state index contributed by atoms with van der Waals surface area (Å²) in [6.45, 7) is 1.87. The summed E-state index contributed by atoms with van der Waals surface area (Å²) in [5.74, 6) is 1.55. The molecule has 1 N–H and O–H groups in total. The minimum Gasteiger partial charge on any atom is -0.339 e. The lowest BCUT2D eigenvalue weighted by Gasteiger charge is -2.13. The largest absolute Gasteiger partial charge is 0.339 e. The van der Waals surface area contributed by atoms with Crippen molar-refractivity contribution in [3.05, 3.63) is 28.7 Å². The quantitative estimate of drug-likeness (QED) is 0.933. The van der Waals surface area contributed by atoms with Crippen LogP contribution in [0.1, 0.15) is 78.0 Å². The van der Waals surface area contributed by atoms with E-state index in [0.29, 0.717) is 17.5 Å². The van der Waals surface area contributed by atoms with Gasteiger partial charge in [0.15, 0.2) is 5.82 Å². The number of hydrogen-bond donors (Lipinski definition) is 1. The van der Waals surface area contributed by atoms with Crippen molar-refractivity contribution < 1.29 is 9.32 Å². The number of carbonyl (C=O) groups excluding carboxylic acids is 1. The van der Waals surface area contributed by atoms with E-state index in [2.05, 4.69) is 20.6 Å². The third-order valence-corrected chi connectivity index (χ3v) is 4.65. The second-order valence-electron chi connectivity index (χ2n) is 6.56. The fourth-order valence-corrected chi connectivity index (χ4v) is 3.22. The maximum absolute atomic E-state index is 12.7. The molecule has 7 heteroatoms. The van der Waals surface area contributed by atoms with Crippen molar-refractivity contribution in [3.8, 4) is 0 Å². The first-order valence-corrected chi connectivity index (χ1v) is 8.32. The first-order chi connectivity index (χ1) is 11.1. The molecule has 1 fully saturated rings. The Labute approximate surface area is 134 Å². The monoisotopic (exact) mass is 315 g/mol. The van der Waals surface area contributed by atoms with Crippen LogP contribution >= 0.6 is 0 Å². The molecule has 0 aliphatic heterocycles. The maximum atomic E-state index is 12.7. The first kappa shape index (κ1) is 14.4. The summed E-state index contributed by atoms with van der Waals surface area (Å²) in [6.07, 6.45) is 6.39. The zero-order valence-electron chi connectivity index (χ0n) is 13.5. The van der Waals surface area contributed by atoms with E-state index in [0.717, 1.165) is 55.6 Å². The van der Waals surface area contributed by atoms with Crippen LogP contribution in [0.5, 0.6) is 0 Å². The van der Waals surface area contributed by atoms with Crippen LogP contribution in [0.3, 0.4) is 0 Å². The van der Waals surface area contributed by atoms with Crippen LogP contribution < -0.4 is 5.32 Å². The van der Waals surface area contributed by atoms with E-state index in [4.69, 9.17) is 4.52 Å². The molecule has 1 atom stereocenters. The standard InChI is InChI=1S/C16H21N5O2/c1-9(16-18-14(20-23-16)10-7-8-10)17-15(22)13-11-5-3-4-6-12(11)19-21(13)2/h9-10H,3-8H2,1-2H3,(H,17,22)/t9-/m1/s1. The van der Waals surface area contributed by atoms with Gasteiger partial charge in [0.25, 0.3) is 5.91 Å². The normalized spacial score (nSPS) is 18.5. The predicted molar refractivity (Wildman–Crippen MR) is 82.0 cm³/mol. The second-order valence-corrected chi connectivity index (χ2v) is 6.56. The smallest absolute Gasteiger partial charge is 0.270 e. The molecule has 2 aliphatic carbocycles. The molecule has 0 saturated heterocycles. The van der Waals surface area contributed by atoms with E-state index in [-0.39, 0.29) is 11.9 Å². The molecule has 2 aromatic rings. The number of fused-ring (bicyclic) bond motifs is 1. The molecule has 122 valence electrons. The first-order valence-electron chi connectivity index (χ1n) is 8.32. The number of rotatable bonds is 4. The topological polar surface area (TPSA) is 85.8 Å². The highest BCUT2D eigenvalue weighted by Crippen LogP contribution is 2.38. The number of hydrogen-bond acceptors (Lipinski definition) is 5. The molecular weight excluding hydrogens is 294 g/mol. The molecule has 1 amide bonds. The van der Waals surface area contributed by atoms with Gasteiger partial charge in [-0.15, -0.1) is 0 Å². The summed E-state index contributed by atoms with van der Waals surface area (Å²) in [5, 5.41) is 11.5. The van der Waals surface area contributed by atoms with Crippen LogP contribution in [0.25, 0.3) is 0 Å². The van der Waals surface area contributed by atoms with E-state index in [1.807, 2.05) is 14.0 Å². The van der Waals surface area contributed by atoms with Gasteiger partial charge in [-0.05, 0) is 45.4 Å². The molecule has 0 radical (unpaired) electrons. The van der Waals surface area contributed by atoms with Crippen LogP contribution in [0.2, 0.25) is 0 Å². The Morgan fingerprint density at radius 1 is 1.35 bits per heavy atom. The minimum absolute atomic E-state index is 0.123. The zero-order chi connectivity index (χ0) is 16.0. The van der Waals surface area contributed by atoms with Gasteiger partial charge < -0.3 is 9.84 Å². The van der Waals surface area contributed by atoms with Gasteiger partial charge in [-0.1, -0.05) is 5.16 Å². The fourth-order valence-electron chi connectivity index (χ4n) is 3.22. The molecule has 23 heavy (non-hydrogen) atoms. The van der Waals surface area contributed by atoms with Crippen LogP contribution in [0.4, 0.5) is 0 Å². The van der Waals surface area contributed by atoms with Crippen LogP contribution in [-0.4, -0.2) is 25.8 Å². The van der Waals surface area contributed by atoms with Crippen molar-refractivity contribution in [3.63, 3.8) is 0 Å². The lowest BCUT2D eigenvalue weighted by molar-refractivity contribution is 0.0922. The van der Waals surface area contributed by atoms with Gasteiger partial charge in [-0.25, -0.2) is 0 Å². The zero-order valence-corrected chi connectivity index (χ0v) is 13.5. The van der Waals surface area contributed by atoms with E-state index >= 15 is 0 Å². The van der Waals surface area contributed by atoms with Gasteiger partial charge in [-0.2, -0.15) is 10.1 Å². The highest BCUT2D eigenvalue weighted by molar-refractivity contribution is 5.94. The number of aromatic nitrogens is 4. The Morgan fingerprint density at radius 2 is 2.13 bits per heavy atom. The molecule has 2 aromatic heterocycles. The van der Waals surface area contributed by atoms with Crippen molar-refractivity contribution in [2.75, 3.05) is 0 Å². The molecule has 2 aliphatic rings. The Morgan fingerprint density at radius 3 is 2.91 bits per heavy atom. The van der Waals surface area contributed by atoms with Crippen LogP contribution in [0, 0.1) is 0 Å². The average molecular weight is 315 g/mol. The molecule has 0 unspecified atom stereocenters. The lowest BCUT2D eigenvalue weighted by atomic mass is 9.95. The maximum Gasteiger partial charge on any atom is 0.270 e. The van der Waals surface area contributed by atoms with Gasteiger partial charge in [0.1, 0.15) is 11.7 Å². The van der Waals surface area contributed by atoms with Gasteiger partial charge in [0, 0.05) is 18.5 Å². The second kappa shape index (κ2) is 5.47. The van der Waals surface area contributed by atoms with Crippen LogP contribution in [-0.2, 0) is 19.9 Å². The Balaban J connectivity index is 1.51. The number of aryl methyl sites for hydroxylation is 2. The van der Waals surface area contributed by atoms with Gasteiger partial charge >= 0.3 is 0 Å². The summed E-state index contributed by atoms with van der Waals surface area (Å²) in [4.78, 5) is 17.1. The molecule has 0 bridgehead atoms. The Bertz CT molecular complexity index is 744. The summed E-state index contributed by atoms with van der Waals surface area (Å²) >= 11 is 0. The number of amides is 1. The van der Waals surface area contributed by atoms with Gasteiger partial charge in [0.2, 0.25) is 5.89 Å². The predicted octanol–water partition coefficient (Wildman–Crippen LogP) is 2.05. The average Bonchev–Trinajstić information content (AvgIpc) is 3.15. The summed E-state index contributed by atoms with van der Waals surface area (Å²) < 4.78 is 6.99. The van der Waals surface area contributed by atoms with E-state index < -0.39 is 0 Å². The number of nitrogens with zero attached hydrogens (tertiary/aromatic N) is 4. The van der Waals surface area contributed by atoms with Gasteiger partial charge in [0.05, 0.1) is 5.69 Å². The third-order valence-electron chi connectivity index (χ3n) is 4.65. The summed E-state index contributed by atoms with van der Waals surface area (Å²) in [6, 6.07) is -0.309. The number of carbonyl (C=O) groups is 1. The van der Waals surface area contributed by atoms with Crippen molar-refractivity contribution in [1.29, 1.82) is 0 Å². The van der Waals surface area contributed by atoms with E-state index in [1.54, 1.807) is 4.68 Å². The van der Waals surface area contributed by atoms with Crippen molar-refractivity contribution in [2.45, 2.75) is 57.4 Å². The molecule has 0 aromatic carbocycles. The van der Waals surface area contributed by atoms with Gasteiger partial charge in [-0.3, -0.25) is 9.48 Å². The fraction of sp³-hybridized carbons (Fsp3) is 0.625. The summed E-state index contributed by atoms with van der Waals surface area (Å²) in [7, 11) is 1.83. The minimum atomic E-state index is -0.309. The van der Waals surface area contributed by atoms with Crippen molar-refractivity contribution >= 4 is 5.91 Å².